The third kappa shape index (κ3) is 2.82. The number of H-pyrrole nitrogens is 1. The van der Waals surface area contributed by atoms with Gasteiger partial charge in [-0.15, -0.1) is 22.7 Å². The average molecular weight is 317 g/mol. The van der Waals surface area contributed by atoms with Crippen molar-refractivity contribution in [2.75, 3.05) is 0 Å². The topological polar surface area (TPSA) is 58.6 Å². The van der Waals surface area contributed by atoms with Crippen molar-refractivity contribution in [3.63, 3.8) is 0 Å². The van der Waals surface area contributed by atoms with Crippen LogP contribution in [0.15, 0.2) is 22.4 Å². The molecule has 3 aromatic heterocycles. The van der Waals surface area contributed by atoms with E-state index in [0.29, 0.717) is 17.1 Å². The fraction of sp³-hybridized carbons (Fsp3) is 0.267. The van der Waals surface area contributed by atoms with Crippen LogP contribution in [0.1, 0.15) is 42.4 Å². The maximum atomic E-state index is 12.0. The van der Waals surface area contributed by atoms with Gasteiger partial charge in [-0.05, 0) is 30.0 Å². The van der Waals surface area contributed by atoms with Crippen LogP contribution in [0.2, 0.25) is 0 Å². The zero-order valence-corrected chi connectivity index (χ0v) is 13.6. The summed E-state index contributed by atoms with van der Waals surface area (Å²) in [5, 5.41) is 3.65. The van der Waals surface area contributed by atoms with Gasteiger partial charge in [-0.2, -0.15) is 0 Å². The largest absolute Gasteiger partial charge is 0.306 e. The van der Waals surface area contributed by atoms with E-state index in [0.717, 1.165) is 20.3 Å². The number of thiophene rings is 1. The van der Waals surface area contributed by atoms with E-state index in [4.69, 9.17) is 0 Å². The Balaban J connectivity index is 2.00. The number of nitrogens with one attached hydrogen (secondary N) is 1. The third-order valence-corrected chi connectivity index (χ3v) is 5.15. The Bertz CT molecular complexity index is 870. The van der Waals surface area contributed by atoms with E-state index < -0.39 is 0 Å². The number of nitrogens with zero attached hydrogens (tertiary/aromatic N) is 2. The summed E-state index contributed by atoms with van der Waals surface area (Å²) in [7, 11) is 0. The molecule has 0 saturated carbocycles. The van der Waals surface area contributed by atoms with Crippen molar-refractivity contribution in [1.82, 2.24) is 15.0 Å². The maximum absolute atomic E-state index is 12.0. The molecule has 0 aromatic carbocycles. The number of rotatable bonds is 3. The molecular formula is C15H15N3OS2. The van der Waals surface area contributed by atoms with Gasteiger partial charge in [0.25, 0.3) is 5.56 Å². The van der Waals surface area contributed by atoms with Crippen molar-refractivity contribution in [2.24, 2.45) is 0 Å². The Kier molecular flexibility index (Phi) is 3.73. The van der Waals surface area contributed by atoms with Crippen LogP contribution in [-0.4, -0.2) is 15.0 Å². The van der Waals surface area contributed by atoms with E-state index in [1.54, 1.807) is 17.4 Å². The second kappa shape index (κ2) is 5.54. The first-order valence-corrected chi connectivity index (χ1v) is 8.36. The Labute approximate surface area is 130 Å². The van der Waals surface area contributed by atoms with E-state index in [9.17, 15) is 4.79 Å². The van der Waals surface area contributed by atoms with Crippen LogP contribution in [-0.2, 0) is 0 Å². The fourth-order valence-electron chi connectivity index (χ4n) is 1.97. The zero-order valence-electron chi connectivity index (χ0n) is 12.0. The van der Waals surface area contributed by atoms with Gasteiger partial charge in [0.15, 0.2) is 0 Å². The monoisotopic (exact) mass is 317 g/mol. The van der Waals surface area contributed by atoms with Gasteiger partial charge in [-0.3, -0.25) is 4.79 Å². The maximum Gasteiger partial charge on any atom is 0.259 e. The molecule has 0 aliphatic carbocycles. The molecule has 0 unspecified atom stereocenters. The van der Waals surface area contributed by atoms with Crippen molar-refractivity contribution in [1.29, 1.82) is 0 Å². The van der Waals surface area contributed by atoms with Crippen LogP contribution in [0, 0.1) is 0 Å². The number of aromatic nitrogens is 3. The van der Waals surface area contributed by atoms with Gasteiger partial charge >= 0.3 is 0 Å². The molecule has 0 bridgehead atoms. The van der Waals surface area contributed by atoms with Gasteiger partial charge in [0.05, 0.1) is 10.4 Å². The molecule has 0 saturated heterocycles. The van der Waals surface area contributed by atoms with Crippen LogP contribution < -0.4 is 5.56 Å². The molecule has 6 heteroatoms. The van der Waals surface area contributed by atoms with Gasteiger partial charge in [0.1, 0.15) is 10.7 Å². The first kappa shape index (κ1) is 14.2. The standard InChI is InChI=1S/C15H15N3OS2/c1-8(2)14-16-7-10(21-14)6-9(3)12-17-13(19)11-4-5-20-15(11)18-12/h4-8H,1-3H3,(H,17,18,19)/b9-6+. The predicted molar refractivity (Wildman–Crippen MR) is 90.0 cm³/mol. The number of allylic oxidation sites excluding steroid dienone is 1. The minimum absolute atomic E-state index is 0.0869. The molecule has 21 heavy (non-hydrogen) atoms. The molecule has 0 amide bonds. The highest BCUT2D eigenvalue weighted by molar-refractivity contribution is 7.16. The van der Waals surface area contributed by atoms with Crippen molar-refractivity contribution >= 4 is 44.5 Å². The van der Waals surface area contributed by atoms with Crippen LogP contribution in [0.25, 0.3) is 21.9 Å². The molecule has 4 nitrogen and oxygen atoms in total. The highest BCUT2D eigenvalue weighted by atomic mass is 32.1. The number of hydrogen-bond donors (Lipinski definition) is 1. The lowest BCUT2D eigenvalue weighted by Crippen LogP contribution is -2.09. The van der Waals surface area contributed by atoms with E-state index in [1.165, 1.54) is 11.3 Å². The smallest absolute Gasteiger partial charge is 0.259 e. The van der Waals surface area contributed by atoms with Crippen molar-refractivity contribution < 1.29 is 0 Å². The summed E-state index contributed by atoms with van der Waals surface area (Å²) in [4.78, 5) is 25.6. The Morgan fingerprint density at radius 1 is 1.43 bits per heavy atom. The first-order chi connectivity index (χ1) is 10.0. The van der Waals surface area contributed by atoms with Crippen molar-refractivity contribution in [3.05, 3.63) is 43.7 Å². The van der Waals surface area contributed by atoms with Crippen LogP contribution in [0.3, 0.4) is 0 Å². The van der Waals surface area contributed by atoms with E-state index >= 15 is 0 Å². The molecule has 0 radical (unpaired) electrons. The van der Waals surface area contributed by atoms with Gasteiger partial charge in [0.2, 0.25) is 0 Å². The Hall–Kier alpha value is -1.79. The SMILES string of the molecule is C/C(=C\c1cnc(C(C)C)s1)c1nc2sccc2c(=O)[nH]1. The summed E-state index contributed by atoms with van der Waals surface area (Å²) in [6.45, 7) is 6.21. The summed E-state index contributed by atoms with van der Waals surface area (Å²) >= 11 is 3.15. The van der Waals surface area contributed by atoms with E-state index in [2.05, 4.69) is 28.8 Å². The molecule has 0 aliphatic rings. The normalized spacial score (nSPS) is 12.5. The lowest BCUT2D eigenvalue weighted by atomic mass is 10.2. The highest BCUT2D eigenvalue weighted by Gasteiger charge is 2.08. The van der Waals surface area contributed by atoms with E-state index in [-0.39, 0.29) is 5.56 Å². The Morgan fingerprint density at radius 3 is 2.95 bits per heavy atom. The van der Waals surface area contributed by atoms with Crippen LogP contribution in [0.4, 0.5) is 0 Å². The molecule has 0 spiro atoms. The van der Waals surface area contributed by atoms with Crippen molar-refractivity contribution in [2.45, 2.75) is 26.7 Å². The highest BCUT2D eigenvalue weighted by Crippen LogP contribution is 2.25. The van der Waals surface area contributed by atoms with Crippen molar-refractivity contribution in [3.8, 4) is 0 Å². The summed E-state index contributed by atoms with van der Waals surface area (Å²) in [5.41, 5.74) is 0.845. The van der Waals surface area contributed by atoms with Gasteiger partial charge in [0, 0.05) is 17.0 Å². The molecule has 0 aliphatic heterocycles. The second-order valence-corrected chi connectivity index (χ2v) is 7.13. The van der Waals surface area contributed by atoms with Gasteiger partial charge < -0.3 is 4.98 Å². The zero-order chi connectivity index (χ0) is 15.0. The first-order valence-electron chi connectivity index (χ1n) is 6.66. The summed E-state index contributed by atoms with van der Waals surface area (Å²) in [6, 6.07) is 1.80. The quantitative estimate of drug-likeness (QED) is 0.790. The molecule has 0 fully saturated rings. The fourth-order valence-corrected chi connectivity index (χ4v) is 3.66. The Morgan fingerprint density at radius 2 is 2.24 bits per heavy atom. The number of hydrogen-bond acceptors (Lipinski definition) is 5. The second-order valence-electron chi connectivity index (χ2n) is 5.14. The lowest BCUT2D eigenvalue weighted by molar-refractivity contribution is 0.852. The van der Waals surface area contributed by atoms with Gasteiger partial charge in [-0.1, -0.05) is 13.8 Å². The summed E-state index contributed by atoms with van der Waals surface area (Å²) in [6.07, 6.45) is 3.88. The molecule has 108 valence electrons. The van der Waals surface area contributed by atoms with E-state index in [1.807, 2.05) is 24.6 Å². The molecule has 3 heterocycles. The van der Waals surface area contributed by atoms with Crippen LogP contribution in [0.5, 0.6) is 0 Å². The minimum Gasteiger partial charge on any atom is -0.306 e. The molecule has 3 aromatic rings. The third-order valence-electron chi connectivity index (χ3n) is 3.10. The summed E-state index contributed by atoms with van der Waals surface area (Å²) in [5.74, 6) is 1.05. The van der Waals surface area contributed by atoms with Crippen LogP contribution >= 0.6 is 22.7 Å². The summed E-state index contributed by atoms with van der Waals surface area (Å²) < 4.78 is 0. The average Bonchev–Trinajstić information content (AvgIpc) is 3.07. The molecule has 0 atom stereocenters. The minimum atomic E-state index is -0.0869. The number of aromatic amines is 1. The van der Waals surface area contributed by atoms with Gasteiger partial charge in [-0.25, -0.2) is 9.97 Å². The number of thiazole rings is 1. The molecular weight excluding hydrogens is 302 g/mol. The molecule has 1 N–H and O–H groups in total. The lowest BCUT2D eigenvalue weighted by Gasteiger charge is -2.00. The molecule has 3 rings (SSSR count). The number of fused-ring (bicyclic) bond motifs is 1. The predicted octanol–water partition coefficient (Wildman–Crippen LogP) is 4.13.